The Kier molecular flexibility index (Phi) is 6.46. The van der Waals surface area contributed by atoms with Gasteiger partial charge in [-0.1, -0.05) is 48.5 Å². The molecule has 0 radical (unpaired) electrons. The van der Waals surface area contributed by atoms with Gasteiger partial charge in [-0.05, 0) is 47.9 Å². The Morgan fingerprint density at radius 3 is 2.42 bits per heavy atom. The van der Waals surface area contributed by atoms with E-state index in [4.69, 9.17) is 13.9 Å². The summed E-state index contributed by atoms with van der Waals surface area (Å²) in [6, 6.07) is 20.1. The normalized spacial score (nSPS) is 15.3. The molecule has 192 valence electrons. The first-order valence-corrected chi connectivity index (χ1v) is 11.9. The largest absolute Gasteiger partial charge is 0.503 e. The highest BCUT2D eigenvalue weighted by Gasteiger charge is 2.45. The molecule has 5 rings (SSSR count). The number of benzene rings is 3. The van der Waals surface area contributed by atoms with E-state index in [0.29, 0.717) is 33.5 Å². The topological polar surface area (TPSA) is 106 Å². The number of anilines is 1. The summed E-state index contributed by atoms with van der Waals surface area (Å²) in [5, 5.41) is 11.7. The molecule has 0 spiro atoms. The van der Waals surface area contributed by atoms with Gasteiger partial charge in [-0.15, -0.1) is 0 Å². The summed E-state index contributed by atoms with van der Waals surface area (Å²) in [5.74, 6) is -1.90. The van der Waals surface area contributed by atoms with Crippen molar-refractivity contribution in [1.29, 1.82) is 0 Å². The van der Waals surface area contributed by atoms with Crippen LogP contribution in [0, 0.1) is 6.92 Å². The molecule has 1 aliphatic rings. The average molecular weight is 512 g/mol. The fourth-order valence-corrected chi connectivity index (χ4v) is 4.75. The first kappa shape index (κ1) is 24.8. The second-order valence-electron chi connectivity index (χ2n) is 8.93. The van der Waals surface area contributed by atoms with Gasteiger partial charge in [-0.2, -0.15) is 0 Å². The first-order valence-electron chi connectivity index (χ1n) is 11.9. The lowest BCUT2D eigenvalue weighted by atomic mass is 9.92. The Hall–Kier alpha value is -4.85. The summed E-state index contributed by atoms with van der Waals surface area (Å²) in [7, 11) is 2.82. The monoisotopic (exact) mass is 511 g/mol. The highest BCUT2D eigenvalue weighted by atomic mass is 16.5. The molecule has 1 atom stereocenters. The van der Waals surface area contributed by atoms with Crippen LogP contribution in [-0.4, -0.2) is 37.0 Å². The fraction of sp³-hybridized carbons (Fsp3) is 0.167. The van der Waals surface area contributed by atoms with E-state index in [1.807, 2.05) is 31.2 Å². The van der Waals surface area contributed by atoms with Crippen molar-refractivity contribution in [2.24, 2.45) is 0 Å². The maximum Gasteiger partial charge on any atom is 0.309 e. The van der Waals surface area contributed by atoms with Gasteiger partial charge in [0.05, 0.1) is 32.3 Å². The number of hydrogen-bond donors (Lipinski definition) is 1. The van der Waals surface area contributed by atoms with Gasteiger partial charge in [0.1, 0.15) is 0 Å². The Labute approximate surface area is 218 Å². The molecule has 0 fully saturated rings. The van der Waals surface area contributed by atoms with Gasteiger partial charge >= 0.3 is 5.97 Å². The smallest absolute Gasteiger partial charge is 0.309 e. The highest BCUT2D eigenvalue weighted by molar-refractivity contribution is 6.20. The summed E-state index contributed by atoms with van der Waals surface area (Å²) in [6.45, 7) is 1.88. The van der Waals surface area contributed by atoms with Crippen molar-refractivity contribution in [2.75, 3.05) is 19.1 Å². The quantitative estimate of drug-likeness (QED) is 0.267. The molecule has 0 saturated carbocycles. The van der Waals surface area contributed by atoms with Crippen molar-refractivity contribution in [1.82, 2.24) is 0 Å². The number of rotatable bonds is 7. The lowest BCUT2D eigenvalue weighted by Crippen LogP contribution is -2.31. The molecule has 8 heteroatoms. The van der Waals surface area contributed by atoms with E-state index in [-0.39, 0.29) is 23.7 Å². The van der Waals surface area contributed by atoms with E-state index in [9.17, 15) is 19.5 Å². The van der Waals surface area contributed by atoms with Crippen LogP contribution < -0.4 is 9.64 Å². The lowest BCUT2D eigenvalue weighted by Gasteiger charge is -2.28. The van der Waals surface area contributed by atoms with Crippen LogP contribution in [-0.2, 0) is 20.7 Å². The van der Waals surface area contributed by atoms with E-state index in [1.165, 1.54) is 19.1 Å². The summed E-state index contributed by atoms with van der Waals surface area (Å²) in [6.07, 6.45) is 0.0781. The number of carbonyl (C=O) groups is 3. The third-order valence-electron chi connectivity index (χ3n) is 6.68. The molecule has 38 heavy (non-hydrogen) atoms. The van der Waals surface area contributed by atoms with Crippen molar-refractivity contribution in [3.63, 3.8) is 0 Å². The van der Waals surface area contributed by atoms with Crippen LogP contribution in [0.5, 0.6) is 5.75 Å². The second-order valence-corrected chi connectivity index (χ2v) is 8.93. The van der Waals surface area contributed by atoms with E-state index >= 15 is 0 Å². The number of carbonyl (C=O) groups excluding carboxylic acids is 3. The van der Waals surface area contributed by atoms with Gasteiger partial charge in [-0.3, -0.25) is 19.3 Å². The number of methoxy groups -OCH3 is 2. The Bertz CT molecular complexity index is 1600. The molecular formula is C30H25NO7. The van der Waals surface area contributed by atoms with Crippen LogP contribution in [0.4, 0.5) is 5.69 Å². The summed E-state index contributed by atoms with van der Waals surface area (Å²) >= 11 is 0. The van der Waals surface area contributed by atoms with Crippen LogP contribution in [0.25, 0.3) is 11.0 Å². The predicted molar refractivity (Wildman–Crippen MR) is 140 cm³/mol. The van der Waals surface area contributed by atoms with E-state index in [1.54, 1.807) is 48.5 Å². The minimum Gasteiger partial charge on any atom is -0.503 e. The third-order valence-corrected chi connectivity index (χ3v) is 6.68. The summed E-state index contributed by atoms with van der Waals surface area (Å²) in [5.41, 5.74) is 2.99. The van der Waals surface area contributed by atoms with E-state index in [2.05, 4.69) is 0 Å². The highest BCUT2D eigenvalue weighted by Crippen LogP contribution is 2.43. The number of nitrogens with zero attached hydrogens (tertiary/aromatic N) is 1. The molecule has 1 unspecified atom stereocenters. The number of esters is 1. The van der Waals surface area contributed by atoms with Crippen molar-refractivity contribution < 1.29 is 33.4 Å². The molecule has 1 aromatic heterocycles. The van der Waals surface area contributed by atoms with Crippen molar-refractivity contribution in [3.8, 4) is 5.75 Å². The number of furan rings is 1. The molecule has 1 N–H and O–H groups in total. The Morgan fingerprint density at radius 2 is 1.74 bits per heavy atom. The number of aryl methyl sites for hydroxylation is 1. The van der Waals surface area contributed by atoms with Crippen molar-refractivity contribution in [2.45, 2.75) is 19.4 Å². The van der Waals surface area contributed by atoms with Gasteiger partial charge in [0.25, 0.3) is 5.91 Å². The molecule has 1 amide bonds. The minimum absolute atomic E-state index is 0.0206. The number of Topliss-reactive ketones (excluding diaryl/α,β-unsaturated/α-hetero) is 1. The molecule has 8 nitrogen and oxygen atoms in total. The van der Waals surface area contributed by atoms with Gasteiger partial charge in [0, 0.05) is 11.1 Å². The van der Waals surface area contributed by atoms with Gasteiger partial charge in [-0.25, -0.2) is 0 Å². The summed E-state index contributed by atoms with van der Waals surface area (Å²) < 4.78 is 15.9. The number of hydrogen-bond acceptors (Lipinski definition) is 7. The molecule has 3 aromatic carbocycles. The zero-order valence-corrected chi connectivity index (χ0v) is 21.1. The van der Waals surface area contributed by atoms with Gasteiger partial charge in [0.2, 0.25) is 5.78 Å². The number of ether oxygens (including phenoxy) is 2. The number of para-hydroxylation sites is 1. The van der Waals surface area contributed by atoms with Crippen LogP contribution in [0.15, 0.2) is 88.5 Å². The average Bonchev–Trinajstić information content (AvgIpc) is 3.48. The van der Waals surface area contributed by atoms with Crippen molar-refractivity contribution >= 4 is 34.3 Å². The third kappa shape index (κ3) is 4.20. The van der Waals surface area contributed by atoms with E-state index < -0.39 is 23.5 Å². The Morgan fingerprint density at radius 1 is 1.00 bits per heavy atom. The van der Waals surface area contributed by atoms with Crippen LogP contribution in [0.3, 0.4) is 0 Å². The number of aliphatic hydroxyl groups excluding tert-OH is 1. The lowest BCUT2D eigenvalue weighted by molar-refractivity contribution is -0.139. The van der Waals surface area contributed by atoms with Gasteiger partial charge < -0.3 is 19.0 Å². The zero-order valence-electron chi connectivity index (χ0n) is 21.1. The molecular weight excluding hydrogens is 486 g/mol. The molecule has 0 saturated heterocycles. The predicted octanol–water partition coefficient (Wildman–Crippen LogP) is 5.25. The van der Waals surface area contributed by atoms with Crippen LogP contribution in [0.2, 0.25) is 0 Å². The van der Waals surface area contributed by atoms with Gasteiger partial charge in [0.15, 0.2) is 22.9 Å². The second kappa shape index (κ2) is 9.89. The SMILES string of the molecule is COC(=O)Cc1ccc(N2C(=O)C(O)=C(C(=O)c3cc4cccc(OC)c4o3)C2c2ccccc2C)cc1. The van der Waals surface area contributed by atoms with Crippen LogP contribution in [0.1, 0.15) is 33.3 Å². The molecule has 1 aliphatic heterocycles. The molecule has 0 aliphatic carbocycles. The van der Waals surface area contributed by atoms with Crippen molar-refractivity contribution in [3.05, 3.63) is 107 Å². The van der Waals surface area contributed by atoms with E-state index in [0.717, 1.165) is 5.56 Å². The zero-order chi connectivity index (χ0) is 27.0. The number of amides is 1. The minimum atomic E-state index is -0.905. The first-order chi connectivity index (χ1) is 18.3. The maximum absolute atomic E-state index is 13.9. The maximum atomic E-state index is 13.9. The number of aliphatic hydroxyl groups is 1. The van der Waals surface area contributed by atoms with Crippen LogP contribution >= 0.6 is 0 Å². The number of ketones is 1. The standard InChI is InChI=1S/C30H25NO7/c1-17-7-4-5-9-21(17)26-25(27(33)23-16-19-8-6-10-22(36-2)29(19)38-23)28(34)30(35)31(26)20-13-11-18(12-14-20)15-24(32)37-3/h4-14,16,26,34H,15H2,1-3H3. The summed E-state index contributed by atoms with van der Waals surface area (Å²) in [4.78, 5) is 40.4. The molecule has 2 heterocycles. The number of fused-ring (bicyclic) bond motifs is 1. The molecule has 0 bridgehead atoms. The Balaban J connectivity index is 1.61. The fourth-order valence-electron chi connectivity index (χ4n) is 4.75. The molecule has 4 aromatic rings.